The Labute approximate surface area is 121 Å². The molecule has 1 atom stereocenters. The molecule has 20 heavy (non-hydrogen) atoms. The molecule has 1 rings (SSSR count). The molecule has 0 saturated carbocycles. The lowest BCUT2D eigenvalue weighted by Crippen LogP contribution is -2.40. The summed E-state index contributed by atoms with van der Waals surface area (Å²) in [7, 11) is 0. The summed E-state index contributed by atoms with van der Waals surface area (Å²) >= 11 is 0. The lowest BCUT2D eigenvalue weighted by molar-refractivity contribution is 0.0897. The molecule has 4 nitrogen and oxygen atoms in total. The molecule has 1 unspecified atom stereocenters. The second-order valence-electron chi connectivity index (χ2n) is 6.08. The minimum Gasteiger partial charge on any atom is -0.494 e. The van der Waals surface area contributed by atoms with E-state index in [9.17, 15) is 9.90 Å². The Morgan fingerprint density at radius 1 is 1.40 bits per heavy atom. The van der Waals surface area contributed by atoms with Crippen LogP contribution in [0.1, 0.15) is 44.5 Å². The molecule has 4 heteroatoms. The van der Waals surface area contributed by atoms with E-state index in [2.05, 4.69) is 26.1 Å². The number of aliphatic hydroxyl groups excluding tert-OH is 1. The molecular weight excluding hydrogens is 254 g/mol. The molecule has 0 spiro atoms. The number of nitrogens with one attached hydrogen (secondary N) is 1. The highest BCUT2D eigenvalue weighted by Gasteiger charge is 2.20. The van der Waals surface area contributed by atoms with Crippen molar-refractivity contribution in [2.24, 2.45) is 5.41 Å². The molecule has 0 fully saturated rings. The second-order valence-corrected chi connectivity index (χ2v) is 6.08. The van der Waals surface area contributed by atoms with Gasteiger partial charge in [0.2, 0.25) is 0 Å². The summed E-state index contributed by atoms with van der Waals surface area (Å²) < 4.78 is 5.38. The topological polar surface area (TPSA) is 58.6 Å². The third kappa shape index (κ3) is 5.61. The van der Waals surface area contributed by atoms with Crippen LogP contribution in [-0.4, -0.2) is 30.3 Å². The van der Waals surface area contributed by atoms with E-state index < -0.39 is 0 Å². The number of benzene rings is 1. The van der Waals surface area contributed by atoms with Crippen LogP contribution >= 0.6 is 0 Å². The number of carbonyl (C=O) groups is 1. The van der Waals surface area contributed by atoms with Gasteiger partial charge >= 0.3 is 0 Å². The van der Waals surface area contributed by atoms with Crippen molar-refractivity contribution in [1.82, 2.24) is 5.32 Å². The summed E-state index contributed by atoms with van der Waals surface area (Å²) in [6.45, 7) is 8.65. The Kier molecular flexibility index (Phi) is 6.02. The number of ether oxygens (including phenoxy) is 1. The zero-order chi connectivity index (χ0) is 15.2. The molecule has 0 heterocycles. The monoisotopic (exact) mass is 279 g/mol. The van der Waals surface area contributed by atoms with Gasteiger partial charge in [-0.05, 0) is 37.0 Å². The van der Waals surface area contributed by atoms with E-state index in [1.807, 2.05) is 13.0 Å². The molecule has 1 amide bonds. The van der Waals surface area contributed by atoms with Crippen LogP contribution in [0.15, 0.2) is 24.3 Å². The fourth-order valence-corrected chi connectivity index (χ4v) is 2.06. The Bertz CT molecular complexity index is 438. The molecule has 0 saturated heterocycles. The molecule has 0 radical (unpaired) electrons. The maximum atomic E-state index is 12.2. The van der Waals surface area contributed by atoms with Gasteiger partial charge in [-0.3, -0.25) is 4.79 Å². The maximum absolute atomic E-state index is 12.2. The van der Waals surface area contributed by atoms with Crippen molar-refractivity contribution in [3.8, 4) is 5.75 Å². The summed E-state index contributed by atoms with van der Waals surface area (Å²) in [6, 6.07) is 6.82. The molecule has 0 aromatic heterocycles. The van der Waals surface area contributed by atoms with Crippen molar-refractivity contribution < 1.29 is 14.6 Å². The van der Waals surface area contributed by atoms with Gasteiger partial charge in [-0.15, -0.1) is 0 Å². The van der Waals surface area contributed by atoms with Gasteiger partial charge in [0.15, 0.2) is 0 Å². The first kappa shape index (κ1) is 16.5. The Balaban J connectivity index is 2.71. The molecule has 1 aromatic carbocycles. The predicted molar refractivity (Wildman–Crippen MR) is 80.0 cm³/mol. The van der Waals surface area contributed by atoms with E-state index in [0.717, 1.165) is 6.42 Å². The van der Waals surface area contributed by atoms with Crippen molar-refractivity contribution >= 4 is 5.91 Å². The molecule has 0 aliphatic carbocycles. The summed E-state index contributed by atoms with van der Waals surface area (Å²) in [4.78, 5) is 12.2. The fourth-order valence-electron chi connectivity index (χ4n) is 2.06. The van der Waals surface area contributed by atoms with Crippen molar-refractivity contribution in [3.63, 3.8) is 0 Å². The van der Waals surface area contributed by atoms with Crippen LogP contribution in [0, 0.1) is 5.41 Å². The highest BCUT2D eigenvalue weighted by atomic mass is 16.5. The number of amides is 1. The van der Waals surface area contributed by atoms with E-state index >= 15 is 0 Å². The van der Waals surface area contributed by atoms with Crippen molar-refractivity contribution in [2.75, 3.05) is 13.2 Å². The van der Waals surface area contributed by atoms with Crippen LogP contribution in [0.3, 0.4) is 0 Å². The molecule has 0 aliphatic rings. The minimum absolute atomic E-state index is 0.0495. The molecule has 112 valence electrons. The van der Waals surface area contributed by atoms with Gasteiger partial charge in [0, 0.05) is 5.56 Å². The fraction of sp³-hybridized carbons (Fsp3) is 0.562. The van der Waals surface area contributed by atoms with E-state index in [4.69, 9.17) is 4.74 Å². The highest BCUT2D eigenvalue weighted by molar-refractivity contribution is 5.94. The van der Waals surface area contributed by atoms with Crippen LogP contribution in [0.4, 0.5) is 0 Å². The number of aliphatic hydroxyl groups is 1. The van der Waals surface area contributed by atoms with Gasteiger partial charge in [-0.25, -0.2) is 0 Å². The lowest BCUT2D eigenvalue weighted by Gasteiger charge is -2.25. The van der Waals surface area contributed by atoms with Gasteiger partial charge in [0.05, 0.1) is 19.3 Å². The quantitative estimate of drug-likeness (QED) is 0.841. The summed E-state index contributed by atoms with van der Waals surface area (Å²) in [6.07, 6.45) is 0.723. The molecular formula is C16H25NO3. The van der Waals surface area contributed by atoms with Gasteiger partial charge in [-0.2, -0.15) is 0 Å². The third-order valence-electron chi connectivity index (χ3n) is 2.82. The average molecular weight is 279 g/mol. The van der Waals surface area contributed by atoms with E-state index in [1.54, 1.807) is 18.2 Å². The standard InChI is InChI=1S/C16H25NO3/c1-5-20-14-8-6-7-12(9-14)15(19)17-13(11-18)10-16(2,3)4/h6-9,13,18H,5,10-11H2,1-4H3,(H,17,19). The van der Waals surface area contributed by atoms with Crippen LogP contribution in [0.2, 0.25) is 0 Å². The van der Waals surface area contributed by atoms with Gasteiger partial charge in [-0.1, -0.05) is 26.8 Å². The first-order valence-electron chi connectivity index (χ1n) is 7.00. The third-order valence-corrected chi connectivity index (χ3v) is 2.82. The summed E-state index contributed by atoms with van der Waals surface area (Å²) in [5.41, 5.74) is 0.594. The van der Waals surface area contributed by atoms with E-state index in [0.29, 0.717) is 17.9 Å². The van der Waals surface area contributed by atoms with Gasteiger partial charge < -0.3 is 15.2 Å². The number of rotatable bonds is 6. The highest BCUT2D eigenvalue weighted by Crippen LogP contribution is 2.21. The van der Waals surface area contributed by atoms with E-state index in [-0.39, 0.29) is 24.0 Å². The first-order valence-corrected chi connectivity index (χ1v) is 7.00. The number of hydrogen-bond acceptors (Lipinski definition) is 3. The molecule has 2 N–H and O–H groups in total. The predicted octanol–water partition coefficient (Wildman–Crippen LogP) is 2.61. The number of hydrogen-bond donors (Lipinski definition) is 2. The zero-order valence-electron chi connectivity index (χ0n) is 12.8. The SMILES string of the molecule is CCOc1cccc(C(=O)NC(CO)CC(C)(C)C)c1. The average Bonchev–Trinajstić information content (AvgIpc) is 2.37. The minimum atomic E-state index is -0.238. The summed E-state index contributed by atoms with van der Waals surface area (Å²) in [5.74, 6) is 0.492. The second kappa shape index (κ2) is 7.29. The first-order chi connectivity index (χ1) is 9.35. The zero-order valence-corrected chi connectivity index (χ0v) is 12.8. The Morgan fingerprint density at radius 3 is 2.65 bits per heavy atom. The molecule has 0 aliphatic heterocycles. The van der Waals surface area contributed by atoms with Crippen molar-refractivity contribution in [1.29, 1.82) is 0 Å². The Morgan fingerprint density at radius 2 is 2.10 bits per heavy atom. The number of carbonyl (C=O) groups excluding carboxylic acids is 1. The molecule has 0 bridgehead atoms. The van der Waals surface area contributed by atoms with Crippen LogP contribution in [0.25, 0.3) is 0 Å². The summed E-state index contributed by atoms with van der Waals surface area (Å²) in [5, 5.41) is 12.2. The normalized spacial score (nSPS) is 12.8. The maximum Gasteiger partial charge on any atom is 0.251 e. The van der Waals surface area contributed by atoms with Crippen LogP contribution in [-0.2, 0) is 0 Å². The van der Waals surface area contributed by atoms with E-state index in [1.165, 1.54) is 0 Å². The largest absolute Gasteiger partial charge is 0.494 e. The smallest absolute Gasteiger partial charge is 0.251 e. The lowest BCUT2D eigenvalue weighted by atomic mass is 9.88. The van der Waals surface area contributed by atoms with Gasteiger partial charge in [0.1, 0.15) is 5.75 Å². The molecule has 1 aromatic rings. The Hall–Kier alpha value is -1.55. The van der Waals surface area contributed by atoms with Crippen LogP contribution in [0.5, 0.6) is 5.75 Å². The van der Waals surface area contributed by atoms with Crippen molar-refractivity contribution in [3.05, 3.63) is 29.8 Å². The van der Waals surface area contributed by atoms with Crippen molar-refractivity contribution in [2.45, 2.75) is 40.2 Å². The van der Waals surface area contributed by atoms with Gasteiger partial charge in [0.25, 0.3) is 5.91 Å². The van der Waals surface area contributed by atoms with Crippen LogP contribution < -0.4 is 10.1 Å².